The van der Waals surface area contributed by atoms with Gasteiger partial charge in [0.05, 0.1) is 10.5 Å². The fourth-order valence-electron chi connectivity index (χ4n) is 3.43. The van der Waals surface area contributed by atoms with Crippen molar-refractivity contribution in [3.05, 3.63) is 96.3 Å². The molecule has 2 aromatic carbocycles. The second kappa shape index (κ2) is 14.2. The van der Waals surface area contributed by atoms with Gasteiger partial charge in [-0.3, -0.25) is 14.3 Å². The van der Waals surface area contributed by atoms with E-state index in [0.29, 0.717) is 22.6 Å². The van der Waals surface area contributed by atoms with E-state index in [0.717, 1.165) is 31.1 Å². The normalized spacial score (nSPS) is 10.8. The van der Waals surface area contributed by atoms with Crippen LogP contribution in [0.15, 0.2) is 100 Å². The van der Waals surface area contributed by atoms with Gasteiger partial charge >= 0.3 is 0 Å². The standard InChI is InChI=1S/C26H24N4O4S3.BrH/c31-24(10-4-7-18-30-16-5-1-6-17-30)36-23-9-3-2-8-22(23)25(32)28-20-11-13-21(14-12-20)37(33,34)29-26-27-15-19-35-26;/h1-3,5-6,8-9,11-17,19H,4,7,10,18H2,(H-,27,28,29,32);1H. The monoisotopic (exact) mass is 632 g/mol. The molecule has 0 saturated carbocycles. The van der Waals surface area contributed by atoms with E-state index >= 15 is 0 Å². The average molecular weight is 634 g/mol. The number of nitrogens with one attached hydrogen (secondary N) is 2. The van der Waals surface area contributed by atoms with Crippen LogP contribution >= 0.6 is 23.1 Å². The lowest BCUT2D eigenvalue weighted by molar-refractivity contribution is -0.697. The summed E-state index contributed by atoms with van der Waals surface area (Å²) in [6.07, 6.45) is 7.56. The van der Waals surface area contributed by atoms with Crippen LogP contribution in [-0.2, 0) is 21.4 Å². The third-order valence-electron chi connectivity index (χ3n) is 5.26. The van der Waals surface area contributed by atoms with Crippen molar-refractivity contribution in [1.82, 2.24) is 4.98 Å². The van der Waals surface area contributed by atoms with E-state index in [9.17, 15) is 18.0 Å². The van der Waals surface area contributed by atoms with Crippen LogP contribution < -0.4 is 31.6 Å². The summed E-state index contributed by atoms with van der Waals surface area (Å²) in [5.41, 5.74) is 0.811. The predicted octanol–water partition coefficient (Wildman–Crippen LogP) is 1.98. The Morgan fingerprint density at radius 3 is 2.39 bits per heavy atom. The molecule has 0 spiro atoms. The number of carbonyl (C=O) groups excluding carboxylic acids is 2. The van der Waals surface area contributed by atoms with Crippen molar-refractivity contribution < 1.29 is 39.6 Å². The summed E-state index contributed by atoms with van der Waals surface area (Å²) in [6, 6.07) is 18.7. The largest absolute Gasteiger partial charge is 1.00 e. The molecule has 0 aliphatic carbocycles. The number of unbranched alkanes of at least 4 members (excludes halogenated alkanes) is 1. The number of nitrogens with zero attached hydrogens (tertiary/aromatic N) is 2. The maximum absolute atomic E-state index is 13.0. The minimum absolute atomic E-state index is 0. The summed E-state index contributed by atoms with van der Waals surface area (Å²) in [5, 5.41) is 4.72. The minimum atomic E-state index is -3.78. The first-order valence-electron chi connectivity index (χ1n) is 11.5. The van der Waals surface area contributed by atoms with Crippen molar-refractivity contribution in [2.75, 3.05) is 10.0 Å². The molecule has 2 N–H and O–H groups in total. The molecule has 8 nitrogen and oxygen atoms in total. The molecule has 0 saturated heterocycles. The van der Waals surface area contributed by atoms with Crippen LogP contribution in [0.1, 0.15) is 29.6 Å². The zero-order valence-corrected chi connectivity index (χ0v) is 24.2. The molecule has 2 aromatic heterocycles. The molecule has 0 aliphatic heterocycles. The minimum Gasteiger partial charge on any atom is -1.00 e. The second-order valence-corrected chi connectivity index (χ2v) is 11.6. The number of pyridine rings is 1. The van der Waals surface area contributed by atoms with Crippen LogP contribution in [-0.4, -0.2) is 24.4 Å². The number of benzene rings is 2. The number of aryl methyl sites for hydroxylation is 1. The topological polar surface area (TPSA) is 109 Å². The Hall–Kier alpha value is -3.06. The zero-order chi connectivity index (χ0) is 26.1. The number of carbonyl (C=O) groups is 2. The van der Waals surface area contributed by atoms with Gasteiger partial charge in [0, 0.05) is 47.1 Å². The first-order valence-corrected chi connectivity index (χ1v) is 14.7. The molecule has 4 rings (SSSR count). The average Bonchev–Trinajstić information content (AvgIpc) is 3.40. The lowest BCUT2D eigenvalue weighted by atomic mass is 10.2. The first-order chi connectivity index (χ1) is 17.9. The highest BCUT2D eigenvalue weighted by molar-refractivity contribution is 8.13. The Morgan fingerprint density at radius 1 is 0.947 bits per heavy atom. The number of rotatable bonds is 11. The number of sulfonamides is 1. The van der Waals surface area contributed by atoms with Crippen LogP contribution in [0, 0.1) is 0 Å². The number of thioether (sulfide) groups is 1. The van der Waals surface area contributed by atoms with Crippen molar-refractivity contribution in [2.45, 2.75) is 35.6 Å². The molecule has 0 bridgehead atoms. The van der Waals surface area contributed by atoms with Gasteiger partial charge in [0.15, 0.2) is 22.6 Å². The van der Waals surface area contributed by atoms with Crippen molar-refractivity contribution in [3.8, 4) is 0 Å². The van der Waals surface area contributed by atoms with Crippen LogP contribution in [0.4, 0.5) is 10.8 Å². The molecule has 0 atom stereocenters. The molecule has 38 heavy (non-hydrogen) atoms. The molecule has 12 heteroatoms. The van der Waals surface area contributed by atoms with E-state index < -0.39 is 10.0 Å². The Morgan fingerprint density at radius 2 is 1.68 bits per heavy atom. The number of thiazole rings is 1. The molecule has 198 valence electrons. The van der Waals surface area contributed by atoms with Gasteiger partial charge in [-0.2, -0.15) is 0 Å². The third-order valence-corrected chi connectivity index (χ3v) is 8.44. The number of halogens is 1. The molecule has 4 aromatic rings. The predicted molar refractivity (Wildman–Crippen MR) is 145 cm³/mol. The highest BCUT2D eigenvalue weighted by Crippen LogP contribution is 2.26. The van der Waals surface area contributed by atoms with Crippen molar-refractivity contribution in [3.63, 3.8) is 0 Å². The summed E-state index contributed by atoms with van der Waals surface area (Å²) in [7, 11) is -3.78. The van der Waals surface area contributed by atoms with Gasteiger partial charge in [-0.1, -0.05) is 30.0 Å². The Labute approximate surface area is 240 Å². The van der Waals surface area contributed by atoms with Crippen LogP contribution in [0.25, 0.3) is 0 Å². The summed E-state index contributed by atoms with van der Waals surface area (Å²) in [4.78, 5) is 30.1. The summed E-state index contributed by atoms with van der Waals surface area (Å²) >= 11 is 2.24. The number of amides is 1. The molecule has 0 fully saturated rings. The zero-order valence-electron chi connectivity index (χ0n) is 20.1. The van der Waals surface area contributed by atoms with E-state index in [2.05, 4.69) is 19.6 Å². The van der Waals surface area contributed by atoms with E-state index in [4.69, 9.17) is 0 Å². The Balaban J connectivity index is 0.00000400. The number of aromatic nitrogens is 2. The van der Waals surface area contributed by atoms with Crippen LogP contribution in [0.3, 0.4) is 0 Å². The number of anilines is 2. The highest BCUT2D eigenvalue weighted by Gasteiger charge is 2.17. The molecule has 0 unspecified atom stereocenters. The van der Waals surface area contributed by atoms with E-state index in [1.807, 2.05) is 30.6 Å². The smallest absolute Gasteiger partial charge is 0.263 e. The van der Waals surface area contributed by atoms with Gasteiger partial charge in [0.2, 0.25) is 0 Å². The fourth-order valence-corrected chi connectivity index (χ4v) is 6.13. The van der Waals surface area contributed by atoms with Crippen LogP contribution in [0.5, 0.6) is 0 Å². The molecule has 2 heterocycles. The van der Waals surface area contributed by atoms with Gasteiger partial charge in [-0.05, 0) is 42.8 Å². The quantitative estimate of drug-likeness (QED) is 0.149. The fraction of sp³-hybridized carbons (Fsp3) is 0.154. The van der Waals surface area contributed by atoms with Crippen LogP contribution in [0.2, 0.25) is 0 Å². The lowest BCUT2D eigenvalue weighted by Crippen LogP contribution is -3.00. The van der Waals surface area contributed by atoms with Crippen molar-refractivity contribution in [2.24, 2.45) is 0 Å². The molecule has 0 radical (unpaired) electrons. The Bertz CT molecular complexity index is 1450. The van der Waals surface area contributed by atoms with E-state index in [1.54, 1.807) is 29.6 Å². The van der Waals surface area contributed by atoms with Crippen molar-refractivity contribution in [1.29, 1.82) is 0 Å². The molecule has 0 aliphatic rings. The summed E-state index contributed by atoms with van der Waals surface area (Å²) in [5.74, 6) is -0.382. The third kappa shape index (κ3) is 8.48. The van der Waals surface area contributed by atoms with Gasteiger partial charge in [0.1, 0.15) is 6.54 Å². The maximum atomic E-state index is 13.0. The Kier molecular flexibility index (Phi) is 11.0. The molecular formula is C26H25BrN4O4S3. The van der Waals surface area contributed by atoms with Gasteiger partial charge < -0.3 is 22.3 Å². The second-order valence-electron chi connectivity index (χ2n) is 7.96. The van der Waals surface area contributed by atoms with E-state index in [-0.39, 0.29) is 38.0 Å². The van der Waals surface area contributed by atoms with Gasteiger partial charge in [0.25, 0.3) is 15.9 Å². The molecular weight excluding hydrogens is 608 g/mol. The van der Waals surface area contributed by atoms with Gasteiger partial charge in [-0.15, -0.1) is 11.3 Å². The summed E-state index contributed by atoms with van der Waals surface area (Å²) < 4.78 is 29.5. The van der Waals surface area contributed by atoms with E-state index in [1.165, 1.54) is 41.8 Å². The SMILES string of the molecule is O=C(CCCC[n+]1ccccc1)Sc1ccccc1C(=O)Nc1ccc(S(=O)(=O)Nc2nccs2)cc1.[Br-]. The lowest BCUT2D eigenvalue weighted by Gasteiger charge is -2.10. The molecule has 1 amide bonds. The summed E-state index contributed by atoms with van der Waals surface area (Å²) in [6.45, 7) is 0.846. The number of hydrogen-bond donors (Lipinski definition) is 2. The maximum Gasteiger partial charge on any atom is 0.263 e. The van der Waals surface area contributed by atoms with Gasteiger partial charge in [-0.25, -0.2) is 18.0 Å². The number of hydrogen-bond acceptors (Lipinski definition) is 7. The first kappa shape index (κ1) is 29.5. The van der Waals surface area contributed by atoms with Crippen molar-refractivity contribution >= 4 is 55.0 Å². The highest BCUT2D eigenvalue weighted by atomic mass is 79.9.